The maximum absolute atomic E-state index is 10.8. The summed E-state index contributed by atoms with van der Waals surface area (Å²) in [4.78, 5) is 15.6. The Hall–Kier alpha value is -1.77. The highest BCUT2D eigenvalue weighted by Crippen LogP contribution is 2.46. The van der Waals surface area contributed by atoms with E-state index in [1.54, 1.807) is 6.20 Å². The summed E-state index contributed by atoms with van der Waals surface area (Å²) in [6.45, 7) is 0. The molecule has 0 spiro atoms. The maximum atomic E-state index is 10.8. The van der Waals surface area contributed by atoms with Gasteiger partial charge in [-0.2, -0.15) is 0 Å². The van der Waals surface area contributed by atoms with E-state index in [-0.39, 0.29) is 5.37 Å². The molecule has 1 aliphatic rings. The number of carbonyl (C=O) groups excluding carboxylic acids is 1. The Balaban J connectivity index is 2.12. The smallest absolute Gasteiger partial charge is 0.141 e. The van der Waals surface area contributed by atoms with E-state index in [0.29, 0.717) is 4.91 Å². The molecular formula is C12H8N2OS. The van der Waals surface area contributed by atoms with Crippen molar-refractivity contribution in [3.8, 4) is 0 Å². The van der Waals surface area contributed by atoms with Gasteiger partial charge in [-0.05, 0) is 18.2 Å². The second-order valence-electron chi connectivity index (χ2n) is 3.49. The molecule has 0 fully saturated rings. The van der Waals surface area contributed by atoms with E-state index in [1.807, 2.05) is 42.6 Å². The molecule has 78 valence electrons. The van der Waals surface area contributed by atoms with Gasteiger partial charge in [0.05, 0.1) is 5.69 Å². The van der Waals surface area contributed by atoms with Gasteiger partial charge in [-0.3, -0.25) is 4.98 Å². The molecule has 0 saturated carbocycles. The quantitative estimate of drug-likeness (QED) is 0.703. The van der Waals surface area contributed by atoms with Gasteiger partial charge in [-0.1, -0.05) is 17.8 Å². The standard InChI is InChI=1S/C12H8N2OS/c15-8-11-10-4-2-6-14(10)12(16-11)9-3-1-5-13-7-9/h1-7,12H. The highest BCUT2D eigenvalue weighted by atomic mass is 32.2. The van der Waals surface area contributed by atoms with Crippen molar-refractivity contribution in [2.24, 2.45) is 0 Å². The van der Waals surface area contributed by atoms with Crippen LogP contribution in [0.15, 0.2) is 42.9 Å². The Bertz CT molecular complexity index is 570. The van der Waals surface area contributed by atoms with Crippen LogP contribution in [-0.2, 0) is 4.79 Å². The minimum Gasteiger partial charge on any atom is -0.329 e. The summed E-state index contributed by atoms with van der Waals surface area (Å²) in [5, 5.41) is 0.107. The van der Waals surface area contributed by atoms with E-state index in [2.05, 4.69) is 9.55 Å². The third kappa shape index (κ3) is 1.32. The van der Waals surface area contributed by atoms with Gasteiger partial charge in [0.25, 0.3) is 0 Å². The molecule has 4 heteroatoms. The number of thioether (sulfide) groups is 1. The lowest BCUT2D eigenvalue weighted by atomic mass is 10.3. The van der Waals surface area contributed by atoms with E-state index < -0.39 is 0 Å². The summed E-state index contributed by atoms with van der Waals surface area (Å²) in [7, 11) is 0. The van der Waals surface area contributed by atoms with E-state index >= 15 is 0 Å². The fourth-order valence-corrected chi connectivity index (χ4v) is 2.98. The van der Waals surface area contributed by atoms with Crippen molar-refractivity contribution in [1.29, 1.82) is 0 Å². The molecular weight excluding hydrogens is 220 g/mol. The highest BCUT2D eigenvalue weighted by molar-refractivity contribution is 8.09. The van der Waals surface area contributed by atoms with Crippen molar-refractivity contribution in [1.82, 2.24) is 9.55 Å². The first-order valence-electron chi connectivity index (χ1n) is 4.89. The molecule has 3 nitrogen and oxygen atoms in total. The van der Waals surface area contributed by atoms with Crippen LogP contribution in [0.5, 0.6) is 0 Å². The molecule has 3 rings (SSSR count). The zero-order valence-corrected chi connectivity index (χ0v) is 9.15. The Labute approximate surface area is 96.8 Å². The van der Waals surface area contributed by atoms with Crippen molar-refractivity contribution < 1.29 is 4.79 Å². The summed E-state index contributed by atoms with van der Waals surface area (Å²) in [6.07, 6.45) is 5.55. The van der Waals surface area contributed by atoms with Crippen LogP contribution in [0.4, 0.5) is 0 Å². The van der Waals surface area contributed by atoms with Crippen LogP contribution in [0.1, 0.15) is 16.6 Å². The molecule has 0 bridgehead atoms. The lowest BCUT2D eigenvalue weighted by Crippen LogP contribution is -2.01. The van der Waals surface area contributed by atoms with Crippen molar-refractivity contribution >= 4 is 22.6 Å². The number of fused-ring (bicyclic) bond motifs is 1. The Morgan fingerprint density at radius 3 is 3.06 bits per heavy atom. The zero-order chi connectivity index (χ0) is 11.0. The van der Waals surface area contributed by atoms with E-state index in [9.17, 15) is 4.79 Å². The largest absolute Gasteiger partial charge is 0.329 e. The number of nitrogens with zero attached hydrogens (tertiary/aromatic N) is 2. The Morgan fingerprint density at radius 2 is 2.31 bits per heavy atom. The van der Waals surface area contributed by atoms with Crippen LogP contribution in [0, 0.1) is 0 Å². The first-order chi connectivity index (χ1) is 7.90. The second kappa shape index (κ2) is 3.67. The predicted molar refractivity (Wildman–Crippen MR) is 63.5 cm³/mol. The zero-order valence-electron chi connectivity index (χ0n) is 8.33. The predicted octanol–water partition coefficient (Wildman–Crippen LogP) is 2.35. The molecule has 0 aromatic carbocycles. The monoisotopic (exact) mass is 228 g/mol. The van der Waals surface area contributed by atoms with E-state index in [1.165, 1.54) is 11.8 Å². The normalized spacial score (nSPS) is 18.2. The summed E-state index contributed by atoms with van der Waals surface area (Å²) in [6, 6.07) is 7.79. The number of rotatable bonds is 1. The minimum atomic E-state index is 0.107. The Kier molecular flexibility index (Phi) is 2.17. The first kappa shape index (κ1) is 9.46. The van der Waals surface area contributed by atoms with Crippen LogP contribution >= 0.6 is 11.8 Å². The van der Waals surface area contributed by atoms with Gasteiger partial charge in [0.15, 0.2) is 0 Å². The molecule has 1 aliphatic heterocycles. The molecule has 2 aromatic rings. The van der Waals surface area contributed by atoms with Gasteiger partial charge in [-0.25, -0.2) is 4.79 Å². The topological polar surface area (TPSA) is 34.9 Å². The highest BCUT2D eigenvalue weighted by Gasteiger charge is 2.28. The third-order valence-corrected chi connectivity index (χ3v) is 3.81. The Morgan fingerprint density at radius 1 is 1.38 bits per heavy atom. The van der Waals surface area contributed by atoms with Gasteiger partial charge >= 0.3 is 0 Å². The van der Waals surface area contributed by atoms with Crippen molar-refractivity contribution in [3.05, 3.63) is 54.1 Å². The molecule has 0 saturated heterocycles. The van der Waals surface area contributed by atoms with Crippen LogP contribution in [-0.4, -0.2) is 15.5 Å². The molecule has 0 N–H and O–H groups in total. The summed E-state index contributed by atoms with van der Waals surface area (Å²) >= 11 is 1.52. The number of hydrogen-bond donors (Lipinski definition) is 0. The van der Waals surface area contributed by atoms with Gasteiger partial charge in [0.1, 0.15) is 16.2 Å². The average Bonchev–Trinajstić information content (AvgIpc) is 2.91. The fraction of sp³-hybridized carbons (Fsp3) is 0.0833. The van der Waals surface area contributed by atoms with Crippen molar-refractivity contribution in [3.63, 3.8) is 0 Å². The van der Waals surface area contributed by atoms with Gasteiger partial charge in [-0.15, -0.1) is 0 Å². The SMILES string of the molecule is O=C=C1SC(c2cccnc2)n2cccc21. The number of pyridine rings is 1. The number of hydrogen-bond acceptors (Lipinski definition) is 3. The average molecular weight is 228 g/mol. The van der Waals surface area contributed by atoms with E-state index in [4.69, 9.17) is 0 Å². The van der Waals surface area contributed by atoms with Crippen molar-refractivity contribution in [2.75, 3.05) is 0 Å². The van der Waals surface area contributed by atoms with Crippen LogP contribution in [0.2, 0.25) is 0 Å². The van der Waals surface area contributed by atoms with Crippen LogP contribution in [0.3, 0.4) is 0 Å². The maximum Gasteiger partial charge on any atom is 0.141 e. The fourth-order valence-electron chi connectivity index (χ4n) is 1.85. The molecule has 0 aliphatic carbocycles. The number of aromatic nitrogens is 2. The molecule has 1 atom stereocenters. The summed E-state index contributed by atoms with van der Waals surface area (Å²) in [5.41, 5.74) is 2.03. The minimum absolute atomic E-state index is 0.107. The second-order valence-corrected chi connectivity index (χ2v) is 4.58. The third-order valence-electron chi connectivity index (χ3n) is 2.56. The first-order valence-corrected chi connectivity index (χ1v) is 5.77. The van der Waals surface area contributed by atoms with Crippen molar-refractivity contribution in [2.45, 2.75) is 5.37 Å². The van der Waals surface area contributed by atoms with Gasteiger partial charge < -0.3 is 4.57 Å². The van der Waals surface area contributed by atoms with Crippen LogP contribution < -0.4 is 0 Å². The van der Waals surface area contributed by atoms with E-state index in [0.717, 1.165) is 11.3 Å². The summed E-state index contributed by atoms with van der Waals surface area (Å²) in [5.74, 6) is 1.99. The molecule has 0 amide bonds. The summed E-state index contributed by atoms with van der Waals surface area (Å²) < 4.78 is 2.07. The molecule has 0 radical (unpaired) electrons. The molecule has 2 aromatic heterocycles. The van der Waals surface area contributed by atoms with Gasteiger partial charge in [0.2, 0.25) is 0 Å². The van der Waals surface area contributed by atoms with Gasteiger partial charge in [0, 0.05) is 24.2 Å². The molecule has 16 heavy (non-hydrogen) atoms. The van der Waals surface area contributed by atoms with Crippen LogP contribution in [0.25, 0.3) is 4.91 Å². The lowest BCUT2D eigenvalue weighted by Gasteiger charge is -2.11. The molecule has 1 unspecified atom stereocenters. The molecule has 3 heterocycles. The lowest BCUT2D eigenvalue weighted by molar-refractivity contribution is 0.570.